The molecular formula is C22H30FNO4. The Balaban J connectivity index is 1.87. The van der Waals surface area contributed by atoms with Crippen LogP contribution in [0, 0.1) is 11.7 Å². The lowest BCUT2D eigenvalue weighted by Gasteiger charge is -2.37. The summed E-state index contributed by atoms with van der Waals surface area (Å²) < 4.78 is 25.2. The van der Waals surface area contributed by atoms with Crippen molar-refractivity contribution in [2.75, 3.05) is 13.2 Å². The molecule has 1 aromatic carbocycles. The number of carbonyl (C=O) groups is 1. The summed E-state index contributed by atoms with van der Waals surface area (Å²) in [6, 6.07) is 6.52. The van der Waals surface area contributed by atoms with Crippen molar-refractivity contribution in [2.45, 2.75) is 63.7 Å². The molecule has 1 aliphatic heterocycles. The number of aliphatic hydroxyl groups excluding tert-OH is 1. The van der Waals surface area contributed by atoms with E-state index in [1.807, 2.05) is 13.0 Å². The monoisotopic (exact) mass is 391 g/mol. The second kappa shape index (κ2) is 10.0. The molecule has 1 amide bonds. The number of halogens is 1. The first-order valence-corrected chi connectivity index (χ1v) is 10.3. The summed E-state index contributed by atoms with van der Waals surface area (Å²) in [4.78, 5) is 12.8. The number of hydrogen-bond donors (Lipinski definition) is 2. The standard InChI is InChI=1S/C22H30FNO4/c1-2-27-22-18(8-5-13-25)19(15-9-11-16(23)12-10-15)14-20(28-22)21(26)24-17-6-3-4-7-17/h9-12,14,17-19,22,25H,2-8,13H2,1H3,(H,24,26)/t18-,19+,22+/m1/s1. The number of benzene rings is 1. The Hall–Kier alpha value is -1.92. The highest BCUT2D eigenvalue weighted by Gasteiger charge is 2.38. The molecular weight excluding hydrogens is 361 g/mol. The summed E-state index contributed by atoms with van der Waals surface area (Å²) >= 11 is 0. The lowest BCUT2D eigenvalue weighted by atomic mass is 9.80. The molecule has 0 saturated heterocycles. The first kappa shape index (κ1) is 20.8. The van der Waals surface area contributed by atoms with Gasteiger partial charge in [0.25, 0.3) is 5.91 Å². The fourth-order valence-corrected chi connectivity index (χ4v) is 4.16. The molecule has 0 radical (unpaired) electrons. The maximum Gasteiger partial charge on any atom is 0.286 e. The number of nitrogens with one attached hydrogen (secondary N) is 1. The van der Waals surface area contributed by atoms with Crippen LogP contribution in [0.4, 0.5) is 4.39 Å². The SMILES string of the molecule is CCO[C@H]1OC(C(=O)NC2CCCC2)=C[C@@H](c2ccc(F)cc2)[C@H]1CCCO. The van der Waals surface area contributed by atoms with Gasteiger partial charge in [-0.05, 0) is 56.4 Å². The molecule has 1 aromatic rings. The minimum atomic E-state index is -0.582. The Kier molecular flexibility index (Phi) is 7.45. The number of hydrogen-bond acceptors (Lipinski definition) is 4. The van der Waals surface area contributed by atoms with Crippen molar-refractivity contribution >= 4 is 5.91 Å². The largest absolute Gasteiger partial charge is 0.459 e. The van der Waals surface area contributed by atoms with Crippen LogP contribution in [0.3, 0.4) is 0 Å². The second-order valence-corrected chi connectivity index (χ2v) is 7.53. The lowest BCUT2D eigenvalue weighted by molar-refractivity contribution is -0.166. The molecule has 3 atom stereocenters. The fourth-order valence-electron chi connectivity index (χ4n) is 4.16. The summed E-state index contributed by atoms with van der Waals surface area (Å²) in [7, 11) is 0. The van der Waals surface area contributed by atoms with E-state index >= 15 is 0 Å². The molecule has 0 bridgehead atoms. The number of carbonyl (C=O) groups excluding carboxylic acids is 1. The van der Waals surface area contributed by atoms with Crippen molar-refractivity contribution in [3.63, 3.8) is 0 Å². The van der Waals surface area contributed by atoms with Gasteiger partial charge in [-0.1, -0.05) is 25.0 Å². The Morgan fingerprint density at radius 3 is 2.64 bits per heavy atom. The normalized spacial score (nSPS) is 25.2. The number of aliphatic hydroxyl groups is 1. The Bertz CT molecular complexity index is 670. The van der Waals surface area contributed by atoms with Gasteiger partial charge in [-0.2, -0.15) is 0 Å². The molecule has 6 heteroatoms. The summed E-state index contributed by atoms with van der Waals surface area (Å²) in [5.41, 5.74) is 0.906. The Morgan fingerprint density at radius 2 is 2.00 bits per heavy atom. The number of allylic oxidation sites excluding steroid dienone is 1. The van der Waals surface area contributed by atoms with Gasteiger partial charge in [0.1, 0.15) is 5.82 Å². The zero-order chi connectivity index (χ0) is 19.9. The van der Waals surface area contributed by atoms with Crippen LogP contribution in [0.25, 0.3) is 0 Å². The van der Waals surface area contributed by atoms with Crippen molar-refractivity contribution in [3.05, 3.63) is 47.5 Å². The van der Waals surface area contributed by atoms with E-state index in [-0.39, 0.29) is 42.0 Å². The van der Waals surface area contributed by atoms with Gasteiger partial charge in [-0.3, -0.25) is 4.79 Å². The molecule has 1 fully saturated rings. The zero-order valence-electron chi connectivity index (χ0n) is 16.4. The molecule has 154 valence electrons. The molecule has 5 nitrogen and oxygen atoms in total. The van der Waals surface area contributed by atoms with E-state index in [1.54, 1.807) is 12.1 Å². The summed E-state index contributed by atoms with van der Waals surface area (Å²) in [5, 5.41) is 12.4. The topological polar surface area (TPSA) is 67.8 Å². The average Bonchev–Trinajstić information content (AvgIpc) is 3.20. The van der Waals surface area contributed by atoms with Gasteiger partial charge in [0.15, 0.2) is 5.76 Å². The molecule has 2 aliphatic rings. The molecule has 0 spiro atoms. The second-order valence-electron chi connectivity index (χ2n) is 7.53. The van der Waals surface area contributed by atoms with Crippen LogP contribution in [0.1, 0.15) is 56.9 Å². The first-order valence-electron chi connectivity index (χ1n) is 10.3. The van der Waals surface area contributed by atoms with Crippen molar-refractivity contribution in [1.29, 1.82) is 0 Å². The molecule has 3 rings (SSSR count). The summed E-state index contributed by atoms with van der Waals surface area (Å²) in [5.74, 6) is -0.473. The van der Waals surface area contributed by atoms with Crippen LogP contribution in [-0.4, -0.2) is 36.6 Å². The van der Waals surface area contributed by atoms with Gasteiger partial charge in [0.05, 0.1) is 0 Å². The molecule has 0 unspecified atom stereocenters. The van der Waals surface area contributed by atoms with Crippen molar-refractivity contribution < 1.29 is 23.8 Å². The van der Waals surface area contributed by atoms with Gasteiger partial charge in [-0.15, -0.1) is 0 Å². The van der Waals surface area contributed by atoms with E-state index in [4.69, 9.17) is 9.47 Å². The van der Waals surface area contributed by atoms with E-state index in [0.717, 1.165) is 31.2 Å². The van der Waals surface area contributed by atoms with Gasteiger partial charge in [0, 0.05) is 31.1 Å². The van der Waals surface area contributed by atoms with Gasteiger partial charge in [0.2, 0.25) is 6.29 Å². The van der Waals surface area contributed by atoms with Gasteiger partial charge >= 0.3 is 0 Å². The average molecular weight is 391 g/mol. The summed E-state index contributed by atoms with van der Waals surface area (Å²) in [6.45, 7) is 2.41. The van der Waals surface area contributed by atoms with E-state index in [1.165, 1.54) is 12.1 Å². The van der Waals surface area contributed by atoms with Crippen molar-refractivity contribution in [1.82, 2.24) is 5.32 Å². The highest BCUT2D eigenvalue weighted by Crippen LogP contribution is 2.39. The Labute approximate surface area is 165 Å². The van der Waals surface area contributed by atoms with Crippen LogP contribution in [0.15, 0.2) is 36.1 Å². The van der Waals surface area contributed by atoms with E-state index in [0.29, 0.717) is 19.4 Å². The molecule has 1 saturated carbocycles. The third-order valence-corrected chi connectivity index (χ3v) is 5.58. The molecule has 0 aromatic heterocycles. The fraction of sp³-hybridized carbons (Fsp3) is 0.591. The number of rotatable bonds is 8. The minimum Gasteiger partial charge on any atom is -0.459 e. The van der Waals surface area contributed by atoms with Crippen LogP contribution in [0.5, 0.6) is 0 Å². The highest BCUT2D eigenvalue weighted by atomic mass is 19.1. The minimum absolute atomic E-state index is 0.0689. The van der Waals surface area contributed by atoms with Gasteiger partial charge in [-0.25, -0.2) is 4.39 Å². The predicted molar refractivity (Wildman–Crippen MR) is 104 cm³/mol. The number of amides is 1. The molecule has 28 heavy (non-hydrogen) atoms. The third-order valence-electron chi connectivity index (χ3n) is 5.58. The van der Waals surface area contributed by atoms with Crippen LogP contribution < -0.4 is 5.32 Å². The van der Waals surface area contributed by atoms with E-state index in [9.17, 15) is 14.3 Å². The van der Waals surface area contributed by atoms with Crippen molar-refractivity contribution in [2.24, 2.45) is 5.92 Å². The maximum atomic E-state index is 13.4. The summed E-state index contributed by atoms with van der Waals surface area (Å²) in [6.07, 6.45) is 6.78. The number of ether oxygens (including phenoxy) is 2. The maximum absolute atomic E-state index is 13.4. The van der Waals surface area contributed by atoms with Gasteiger partial charge < -0.3 is 19.9 Å². The van der Waals surface area contributed by atoms with Crippen LogP contribution in [0.2, 0.25) is 0 Å². The zero-order valence-corrected chi connectivity index (χ0v) is 16.4. The molecule has 1 heterocycles. The lowest BCUT2D eigenvalue weighted by Crippen LogP contribution is -2.41. The van der Waals surface area contributed by atoms with Crippen LogP contribution >= 0.6 is 0 Å². The quantitative estimate of drug-likeness (QED) is 0.710. The molecule has 2 N–H and O–H groups in total. The smallest absolute Gasteiger partial charge is 0.286 e. The molecule has 1 aliphatic carbocycles. The predicted octanol–water partition coefficient (Wildman–Crippen LogP) is 3.63. The Morgan fingerprint density at radius 1 is 1.29 bits per heavy atom. The van der Waals surface area contributed by atoms with Crippen LogP contribution in [-0.2, 0) is 14.3 Å². The highest BCUT2D eigenvalue weighted by molar-refractivity contribution is 5.92. The third kappa shape index (κ3) is 5.11. The first-order chi connectivity index (χ1) is 13.6. The van der Waals surface area contributed by atoms with E-state index in [2.05, 4.69) is 5.32 Å². The van der Waals surface area contributed by atoms with E-state index < -0.39 is 6.29 Å². The van der Waals surface area contributed by atoms with Crippen molar-refractivity contribution in [3.8, 4) is 0 Å².